The van der Waals surface area contributed by atoms with E-state index in [9.17, 15) is 14.9 Å². The lowest BCUT2D eigenvalue weighted by Crippen LogP contribution is -2.19. The minimum atomic E-state index is -0.568. The van der Waals surface area contributed by atoms with E-state index in [-0.39, 0.29) is 18.1 Å². The normalized spacial score (nSPS) is 10.9. The van der Waals surface area contributed by atoms with E-state index in [1.807, 2.05) is 13.0 Å². The number of amides is 1. The number of nitrogens with zero attached hydrogens (tertiary/aromatic N) is 5. The zero-order chi connectivity index (χ0) is 20.4. The summed E-state index contributed by atoms with van der Waals surface area (Å²) >= 11 is 12.1. The minimum Gasteiger partial charge on any atom is -0.321 e. The van der Waals surface area contributed by atoms with E-state index in [0.717, 1.165) is 17.5 Å². The highest BCUT2D eigenvalue weighted by Crippen LogP contribution is 2.25. The minimum absolute atomic E-state index is 0.152. The molecule has 0 spiro atoms. The third-order valence-electron chi connectivity index (χ3n) is 4.12. The molecule has 0 saturated carbocycles. The highest BCUT2D eigenvalue weighted by atomic mass is 35.5. The molecule has 0 bridgehead atoms. The van der Waals surface area contributed by atoms with Crippen LogP contribution in [0.2, 0.25) is 10.0 Å². The molecule has 0 fully saturated rings. The Kier molecular flexibility index (Phi) is 5.66. The van der Waals surface area contributed by atoms with Gasteiger partial charge in [0.25, 0.3) is 0 Å². The van der Waals surface area contributed by atoms with Crippen LogP contribution in [0.25, 0.3) is 0 Å². The molecule has 0 unspecified atom stereocenters. The van der Waals surface area contributed by atoms with Crippen molar-refractivity contribution >= 4 is 40.5 Å². The Morgan fingerprint density at radius 3 is 2.71 bits per heavy atom. The van der Waals surface area contributed by atoms with Crippen LogP contribution in [0.3, 0.4) is 0 Å². The number of aryl methyl sites for hydroxylation is 1. The Hall–Kier alpha value is -2.91. The number of benzene rings is 1. The summed E-state index contributed by atoms with van der Waals surface area (Å²) in [6.07, 6.45) is 2.29. The van der Waals surface area contributed by atoms with Crippen molar-refractivity contribution in [3.63, 3.8) is 0 Å². The van der Waals surface area contributed by atoms with Crippen LogP contribution in [0.15, 0.2) is 30.6 Å². The molecule has 0 aliphatic carbocycles. The van der Waals surface area contributed by atoms with Crippen molar-refractivity contribution in [3.05, 3.63) is 67.7 Å². The highest BCUT2D eigenvalue weighted by Gasteiger charge is 2.17. The number of halogens is 2. The van der Waals surface area contributed by atoms with E-state index in [2.05, 4.69) is 15.5 Å². The van der Waals surface area contributed by atoms with Crippen LogP contribution in [0.4, 0.5) is 11.4 Å². The van der Waals surface area contributed by atoms with E-state index in [1.54, 1.807) is 23.7 Å². The highest BCUT2D eigenvalue weighted by molar-refractivity contribution is 6.35. The molecule has 146 valence electrons. The standard InChI is InChI=1S/C17H16Cl2N6O3/c1-10-17(21-16(26)9-23-8-14(6-20-23)25(27)28)11(2)24(22-10)7-12-3-4-13(18)5-15(12)19/h3-6,8H,7,9H2,1-2H3,(H,21,26). The van der Waals surface area contributed by atoms with Gasteiger partial charge in [-0.15, -0.1) is 0 Å². The molecular weight excluding hydrogens is 407 g/mol. The Balaban J connectivity index is 1.73. The fourth-order valence-corrected chi connectivity index (χ4v) is 3.17. The molecule has 9 nitrogen and oxygen atoms in total. The van der Waals surface area contributed by atoms with Gasteiger partial charge in [-0.05, 0) is 31.5 Å². The van der Waals surface area contributed by atoms with Gasteiger partial charge in [0.05, 0.1) is 28.5 Å². The number of nitro groups is 1. The smallest absolute Gasteiger partial charge is 0.307 e. The summed E-state index contributed by atoms with van der Waals surface area (Å²) in [6.45, 7) is 3.88. The van der Waals surface area contributed by atoms with Gasteiger partial charge >= 0.3 is 5.69 Å². The number of nitrogens with one attached hydrogen (secondary N) is 1. The maximum absolute atomic E-state index is 12.3. The maximum Gasteiger partial charge on any atom is 0.307 e. The number of hydrogen-bond donors (Lipinski definition) is 1. The fraction of sp³-hybridized carbons (Fsp3) is 0.235. The third kappa shape index (κ3) is 4.32. The number of anilines is 1. The molecule has 0 saturated heterocycles. The topological polar surface area (TPSA) is 108 Å². The average Bonchev–Trinajstić information content (AvgIpc) is 3.18. The van der Waals surface area contributed by atoms with Crippen molar-refractivity contribution in [2.75, 3.05) is 5.32 Å². The van der Waals surface area contributed by atoms with Crippen LogP contribution in [-0.2, 0) is 17.9 Å². The van der Waals surface area contributed by atoms with Crippen LogP contribution >= 0.6 is 23.2 Å². The SMILES string of the molecule is Cc1nn(Cc2ccc(Cl)cc2Cl)c(C)c1NC(=O)Cn1cc([N+](=O)[O-])cn1. The molecule has 3 rings (SSSR count). The molecule has 0 aliphatic heterocycles. The molecule has 2 aromatic heterocycles. The van der Waals surface area contributed by atoms with E-state index >= 15 is 0 Å². The van der Waals surface area contributed by atoms with Crippen LogP contribution in [0.1, 0.15) is 17.0 Å². The predicted octanol–water partition coefficient (Wildman–Crippen LogP) is 3.60. The quantitative estimate of drug-likeness (QED) is 0.482. The van der Waals surface area contributed by atoms with Crippen LogP contribution in [0.5, 0.6) is 0 Å². The van der Waals surface area contributed by atoms with Crippen molar-refractivity contribution in [2.45, 2.75) is 26.9 Å². The van der Waals surface area contributed by atoms with Crippen LogP contribution in [-0.4, -0.2) is 30.4 Å². The van der Waals surface area contributed by atoms with Crippen molar-refractivity contribution < 1.29 is 9.72 Å². The number of aromatic nitrogens is 4. The van der Waals surface area contributed by atoms with E-state index < -0.39 is 4.92 Å². The summed E-state index contributed by atoms with van der Waals surface area (Å²) in [5.74, 6) is -0.367. The van der Waals surface area contributed by atoms with Gasteiger partial charge in [0.15, 0.2) is 0 Å². The molecule has 0 atom stereocenters. The Labute approximate surface area is 170 Å². The lowest BCUT2D eigenvalue weighted by Gasteiger charge is -2.09. The van der Waals surface area contributed by atoms with Crippen molar-refractivity contribution in [1.29, 1.82) is 0 Å². The summed E-state index contributed by atoms with van der Waals surface area (Å²) in [5, 5.41) is 22.8. The summed E-state index contributed by atoms with van der Waals surface area (Å²) < 4.78 is 2.94. The van der Waals surface area contributed by atoms with Crippen molar-refractivity contribution in [1.82, 2.24) is 19.6 Å². The summed E-state index contributed by atoms with van der Waals surface area (Å²) in [7, 11) is 0. The number of carbonyl (C=O) groups excluding carboxylic acids is 1. The molecule has 3 aromatic rings. The molecule has 1 amide bonds. The van der Waals surface area contributed by atoms with Gasteiger partial charge in [-0.3, -0.25) is 24.3 Å². The van der Waals surface area contributed by atoms with Crippen LogP contribution in [0, 0.1) is 24.0 Å². The van der Waals surface area contributed by atoms with Gasteiger partial charge < -0.3 is 5.32 Å². The second-order valence-corrected chi connectivity index (χ2v) is 6.98. The first kappa shape index (κ1) is 19.8. The molecule has 0 aliphatic rings. The van der Waals surface area contributed by atoms with Gasteiger partial charge in [0, 0.05) is 10.0 Å². The summed E-state index contributed by atoms with van der Waals surface area (Å²) in [6, 6.07) is 5.24. The number of rotatable bonds is 6. The lowest BCUT2D eigenvalue weighted by atomic mass is 10.2. The Bertz CT molecular complexity index is 1060. The van der Waals surface area contributed by atoms with Gasteiger partial charge in [0.2, 0.25) is 5.91 Å². The molecule has 1 N–H and O–H groups in total. The zero-order valence-corrected chi connectivity index (χ0v) is 16.5. The first-order chi connectivity index (χ1) is 13.2. The Morgan fingerprint density at radius 1 is 1.32 bits per heavy atom. The van der Waals surface area contributed by atoms with Crippen LogP contribution < -0.4 is 5.32 Å². The predicted molar refractivity (Wildman–Crippen MR) is 105 cm³/mol. The van der Waals surface area contributed by atoms with Gasteiger partial charge in [-0.1, -0.05) is 29.3 Å². The molecule has 2 heterocycles. The lowest BCUT2D eigenvalue weighted by molar-refractivity contribution is -0.385. The second kappa shape index (κ2) is 7.99. The van der Waals surface area contributed by atoms with E-state index in [4.69, 9.17) is 23.2 Å². The first-order valence-corrected chi connectivity index (χ1v) is 8.95. The van der Waals surface area contributed by atoms with Crippen molar-refractivity contribution in [3.8, 4) is 0 Å². The van der Waals surface area contributed by atoms with Crippen molar-refractivity contribution in [2.24, 2.45) is 0 Å². The Morgan fingerprint density at radius 2 is 2.07 bits per heavy atom. The second-order valence-electron chi connectivity index (χ2n) is 6.14. The molecular formula is C17H16Cl2N6O3. The monoisotopic (exact) mass is 422 g/mol. The molecule has 11 heteroatoms. The largest absolute Gasteiger partial charge is 0.321 e. The van der Waals surface area contributed by atoms with Gasteiger partial charge in [0.1, 0.15) is 18.9 Å². The fourth-order valence-electron chi connectivity index (χ4n) is 2.70. The first-order valence-electron chi connectivity index (χ1n) is 8.19. The number of carbonyl (C=O) groups is 1. The molecule has 1 aromatic carbocycles. The van der Waals surface area contributed by atoms with E-state index in [1.165, 1.54) is 10.9 Å². The molecule has 28 heavy (non-hydrogen) atoms. The van der Waals surface area contributed by atoms with Gasteiger partial charge in [-0.25, -0.2) is 0 Å². The number of hydrogen-bond acceptors (Lipinski definition) is 5. The average molecular weight is 423 g/mol. The summed E-state index contributed by atoms with van der Waals surface area (Å²) in [5.41, 5.74) is 2.65. The van der Waals surface area contributed by atoms with E-state index in [0.29, 0.717) is 28.0 Å². The maximum atomic E-state index is 12.3. The third-order valence-corrected chi connectivity index (χ3v) is 4.70. The zero-order valence-electron chi connectivity index (χ0n) is 15.0. The molecule has 0 radical (unpaired) electrons. The summed E-state index contributed by atoms with van der Waals surface area (Å²) in [4.78, 5) is 22.4. The van der Waals surface area contributed by atoms with Gasteiger partial charge in [-0.2, -0.15) is 10.2 Å².